The Morgan fingerprint density at radius 3 is 2.86 bits per heavy atom. The van der Waals surface area contributed by atoms with E-state index in [1.54, 1.807) is 4.90 Å². The average Bonchev–Trinajstić information content (AvgIpc) is 2.49. The Hall–Kier alpha value is -2.04. The lowest BCUT2D eigenvalue weighted by molar-refractivity contribution is -0.143. The Bertz CT molecular complexity index is 542. The minimum absolute atomic E-state index is 0.216. The second kappa shape index (κ2) is 6.61. The lowest BCUT2D eigenvalue weighted by Gasteiger charge is -2.30. The maximum atomic E-state index is 12.2. The summed E-state index contributed by atoms with van der Waals surface area (Å²) in [5.41, 5.74) is 3.18. The van der Waals surface area contributed by atoms with Crippen LogP contribution >= 0.6 is 0 Å². The van der Waals surface area contributed by atoms with E-state index in [0.29, 0.717) is 13.0 Å². The number of nitrogens with zero attached hydrogens (tertiary/aromatic N) is 1. The highest BCUT2D eigenvalue weighted by Gasteiger charge is 2.28. The molecule has 1 saturated heterocycles. The summed E-state index contributed by atoms with van der Waals surface area (Å²) in [7, 11) is 0. The van der Waals surface area contributed by atoms with Gasteiger partial charge in [-0.25, -0.2) is 4.79 Å². The smallest absolute Gasteiger partial charge is 0.321 e. The molecule has 0 aliphatic carbocycles. The predicted molar refractivity (Wildman–Crippen MR) is 81.5 cm³/mol. The number of hydrogen-bond donors (Lipinski definition) is 2. The van der Waals surface area contributed by atoms with Gasteiger partial charge in [0, 0.05) is 18.8 Å². The number of carbonyl (C=O) groups excluding carboxylic acids is 1. The van der Waals surface area contributed by atoms with Crippen molar-refractivity contribution in [2.75, 3.05) is 18.4 Å². The molecule has 0 radical (unpaired) electrons. The lowest BCUT2D eigenvalue weighted by atomic mass is 9.99. The topological polar surface area (TPSA) is 69.6 Å². The molecular formula is C16H22N2O3. The largest absolute Gasteiger partial charge is 0.481 e. The number of benzene rings is 1. The Morgan fingerprint density at radius 2 is 2.19 bits per heavy atom. The van der Waals surface area contributed by atoms with E-state index < -0.39 is 11.9 Å². The van der Waals surface area contributed by atoms with Gasteiger partial charge in [0.15, 0.2) is 0 Å². The monoisotopic (exact) mass is 290 g/mol. The highest BCUT2D eigenvalue weighted by molar-refractivity contribution is 5.90. The molecule has 1 fully saturated rings. The molecule has 1 atom stereocenters. The molecule has 2 N–H and O–H groups in total. The summed E-state index contributed by atoms with van der Waals surface area (Å²) in [6, 6.07) is 5.63. The summed E-state index contributed by atoms with van der Waals surface area (Å²) in [6.45, 7) is 5.03. The van der Waals surface area contributed by atoms with Gasteiger partial charge in [-0.3, -0.25) is 4.79 Å². The molecule has 21 heavy (non-hydrogen) atoms. The summed E-state index contributed by atoms with van der Waals surface area (Å²) in [6.07, 6.45) is 2.29. The number of carboxylic acid groups (broad SMARTS) is 1. The van der Waals surface area contributed by atoms with Gasteiger partial charge in [-0.05, 0) is 49.4 Å². The number of anilines is 1. The van der Waals surface area contributed by atoms with Gasteiger partial charge in [0.05, 0.1) is 5.92 Å². The summed E-state index contributed by atoms with van der Waals surface area (Å²) < 4.78 is 0. The van der Waals surface area contributed by atoms with Gasteiger partial charge in [0.25, 0.3) is 0 Å². The summed E-state index contributed by atoms with van der Waals surface area (Å²) >= 11 is 0. The summed E-state index contributed by atoms with van der Waals surface area (Å²) in [5, 5.41) is 11.9. The predicted octanol–water partition coefficient (Wildman–Crippen LogP) is 2.89. The fourth-order valence-corrected chi connectivity index (χ4v) is 2.70. The summed E-state index contributed by atoms with van der Waals surface area (Å²) in [5.74, 6) is -1.27. The highest BCUT2D eigenvalue weighted by Crippen LogP contribution is 2.19. The molecule has 1 unspecified atom stereocenters. The maximum absolute atomic E-state index is 12.2. The number of carbonyl (C=O) groups is 2. The third-order valence-electron chi connectivity index (χ3n) is 4.04. The Balaban J connectivity index is 2.02. The van der Waals surface area contributed by atoms with Crippen molar-refractivity contribution >= 4 is 17.7 Å². The molecule has 2 rings (SSSR count). The van der Waals surface area contributed by atoms with Crippen LogP contribution in [-0.4, -0.2) is 35.1 Å². The minimum atomic E-state index is -0.823. The molecule has 0 bridgehead atoms. The van der Waals surface area contributed by atoms with E-state index in [4.69, 9.17) is 5.11 Å². The molecule has 0 spiro atoms. The second-order valence-corrected chi connectivity index (χ2v) is 5.55. The van der Waals surface area contributed by atoms with Gasteiger partial charge in [-0.2, -0.15) is 0 Å². The quantitative estimate of drug-likeness (QED) is 0.899. The molecule has 114 valence electrons. The number of piperidine rings is 1. The molecule has 1 aromatic rings. The van der Waals surface area contributed by atoms with Crippen LogP contribution in [0.4, 0.5) is 10.5 Å². The molecule has 2 amide bonds. The number of likely N-dealkylation sites (tertiary alicyclic amines) is 1. The van der Waals surface area contributed by atoms with Crippen LogP contribution in [0.5, 0.6) is 0 Å². The van der Waals surface area contributed by atoms with Crippen molar-refractivity contribution in [2.45, 2.75) is 33.1 Å². The fraction of sp³-hybridized carbons (Fsp3) is 0.500. The maximum Gasteiger partial charge on any atom is 0.321 e. The first-order valence-electron chi connectivity index (χ1n) is 7.39. The third-order valence-corrected chi connectivity index (χ3v) is 4.04. The van der Waals surface area contributed by atoms with E-state index in [2.05, 4.69) is 12.2 Å². The van der Waals surface area contributed by atoms with Crippen molar-refractivity contribution in [2.24, 2.45) is 5.92 Å². The van der Waals surface area contributed by atoms with Crippen LogP contribution in [0.2, 0.25) is 0 Å². The van der Waals surface area contributed by atoms with Crippen LogP contribution < -0.4 is 5.32 Å². The second-order valence-electron chi connectivity index (χ2n) is 5.55. The van der Waals surface area contributed by atoms with Crippen LogP contribution in [0.3, 0.4) is 0 Å². The van der Waals surface area contributed by atoms with Crippen molar-refractivity contribution in [3.63, 3.8) is 0 Å². The zero-order valence-corrected chi connectivity index (χ0v) is 12.6. The first-order valence-corrected chi connectivity index (χ1v) is 7.39. The molecule has 0 saturated carbocycles. The molecule has 0 aromatic heterocycles. The first-order chi connectivity index (χ1) is 10.0. The van der Waals surface area contributed by atoms with E-state index in [0.717, 1.165) is 18.5 Å². The van der Waals surface area contributed by atoms with Gasteiger partial charge < -0.3 is 15.3 Å². The number of aryl methyl sites for hydroxylation is 2. The van der Waals surface area contributed by atoms with E-state index in [1.807, 2.05) is 25.1 Å². The van der Waals surface area contributed by atoms with E-state index in [1.165, 1.54) is 11.1 Å². The van der Waals surface area contributed by atoms with Crippen LogP contribution in [0.15, 0.2) is 18.2 Å². The fourth-order valence-electron chi connectivity index (χ4n) is 2.70. The number of urea groups is 1. The van der Waals surface area contributed by atoms with Gasteiger partial charge >= 0.3 is 12.0 Å². The third kappa shape index (κ3) is 3.74. The molecule has 5 nitrogen and oxygen atoms in total. The molecule has 5 heteroatoms. The zero-order valence-electron chi connectivity index (χ0n) is 12.6. The average molecular weight is 290 g/mol. The normalized spacial score (nSPS) is 18.4. The van der Waals surface area contributed by atoms with E-state index >= 15 is 0 Å². The van der Waals surface area contributed by atoms with Crippen molar-refractivity contribution in [1.29, 1.82) is 0 Å². The first kappa shape index (κ1) is 15.4. The van der Waals surface area contributed by atoms with Crippen LogP contribution in [-0.2, 0) is 11.2 Å². The molecule has 1 heterocycles. The van der Waals surface area contributed by atoms with Crippen molar-refractivity contribution in [3.8, 4) is 0 Å². The Kier molecular flexibility index (Phi) is 4.83. The molecule has 1 aromatic carbocycles. The number of hydrogen-bond acceptors (Lipinski definition) is 2. The lowest BCUT2D eigenvalue weighted by Crippen LogP contribution is -2.44. The number of rotatable bonds is 3. The molecule has 1 aliphatic heterocycles. The summed E-state index contributed by atoms with van der Waals surface area (Å²) in [4.78, 5) is 24.9. The van der Waals surface area contributed by atoms with Gasteiger partial charge in [0.2, 0.25) is 0 Å². The number of aliphatic carboxylic acids is 1. The zero-order chi connectivity index (χ0) is 15.4. The van der Waals surface area contributed by atoms with Crippen molar-refractivity contribution in [1.82, 2.24) is 4.90 Å². The van der Waals surface area contributed by atoms with Gasteiger partial charge in [-0.1, -0.05) is 13.0 Å². The van der Waals surface area contributed by atoms with Gasteiger partial charge in [-0.15, -0.1) is 0 Å². The van der Waals surface area contributed by atoms with E-state index in [9.17, 15) is 9.59 Å². The minimum Gasteiger partial charge on any atom is -0.481 e. The van der Waals surface area contributed by atoms with Crippen molar-refractivity contribution < 1.29 is 14.7 Å². The number of carboxylic acids is 1. The Labute approximate surface area is 125 Å². The SMILES string of the molecule is CCc1cc(NC(=O)N2CCCC(C(=O)O)C2)ccc1C. The van der Waals surface area contributed by atoms with Crippen LogP contribution in [0.25, 0.3) is 0 Å². The van der Waals surface area contributed by atoms with E-state index in [-0.39, 0.29) is 12.6 Å². The Morgan fingerprint density at radius 1 is 1.43 bits per heavy atom. The van der Waals surface area contributed by atoms with Crippen LogP contribution in [0, 0.1) is 12.8 Å². The highest BCUT2D eigenvalue weighted by atomic mass is 16.4. The van der Waals surface area contributed by atoms with Gasteiger partial charge in [0.1, 0.15) is 0 Å². The number of amides is 2. The molecule has 1 aliphatic rings. The van der Waals surface area contributed by atoms with Crippen molar-refractivity contribution in [3.05, 3.63) is 29.3 Å². The van der Waals surface area contributed by atoms with Crippen LogP contribution in [0.1, 0.15) is 30.9 Å². The standard InChI is InChI=1S/C16H22N2O3/c1-3-12-9-14(7-6-11(12)2)17-16(21)18-8-4-5-13(10-18)15(19)20/h6-7,9,13H,3-5,8,10H2,1-2H3,(H,17,21)(H,19,20). The number of nitrogens with one attached hydrogen (secondary N) is 1. The molecular weight excluding hydrogens is 268 g/mol.